The Balaban J connectivity index is 1.34. The largest absolute Gasteiger partial charge is 0.426 e. The number of nitrogens with one attached hydrogen (secondary N) is 1. The normalized spacial score (nSPS) is 15.7. The zero-order valence-electron chi connectivity index (χ0n) is 15.9. The SMILES string of the molecule is Cc1cc(N2CCN(C(=O)C(=O)Nc3ccc4c(c3)OC(=O)C4)CC2)ccc1F. The van der Waals surface area contributed by atoms with Gasteiger partial charge in [0.25, 0.3) is 0 Å². The molecule has 2 aliphatic heterocycles. The number of halogens is 1. The van der Waals surface area contributed by atoms with Crippen molar-refractivity contribution in [2.24, 2.45) is 0 Å². The molecule has 1 saturated heterocycles. The number of esters is 1. The standard InChI is InChI=1S/C21H20FN3O4/c1-13-10-16(4-5-17(13)22)24-6-8-25(9-7-24)21(28)20(27)23-15-3-2-14-11-19(26)29-18(14)12-15/h2-5,10,12H,6-9,11H2,1H3,(H,23,27). The highest BCUT2D eigenvalue weighted by atomic mass is 19.1. The Morgan fingerprint density at radius 1 is 1.07 bits per heavy atom. The van der Waals surface area contributed by atoms with E-state index in [0.717, 1.165) is 11.3 Å². The minimum absolute atomic E-state index is 0.209. The van der Waals surface area contributed by atoms with Gasteiger partial charge in [0.1, 0.15) is 11.6 Å². The summed E-state index contributed by atoms with van der Waals surface area (Å²) in [4.78, 5) is 39.7. The van der Waals surface area contributed by atoms with Crippen molar-refractivity contribution in [3.05, 3.63) is 53.3 Å². The summed E-state index contributed by atoms with van der Waals surface area (Å²) in [5.41, 5.74) is 2.62. The number of nitrogens with zero attached hydrogens (tertiary/aromatic N) is 2. The summed E-state index contributed by atoms with van der Waals surface area (Å²) in [7, 11) is 0. The van der Waals surface area contributed by atoms with Crippen LogP contribution in [0.25, 0.3) is 0 Å². The maximum atomic E-state index is 13.5. The van der Waals surface area contributed by atoms with Gasteiger partial charge in [0.05, 0.1) is 6.42 Å². The molecule has 2 amide bonds. The summed E-state index contributed by atoms with van der Waals surface area (Å²) in [5.74, 6) is -1.53. The van der Waals surface area contributed by atoms with Crippen molar-refractivity contribution in [1.82, 2.24) is 4.90 Å². The van der Waals surface area contributed by atoms with Crippen molar-refractivity contribution in [3.8, 4) is 5.75 Å². The molecule has 0 spiro atoms. The summed E-state index contributed by atoms with van der Waals surface area (Å²) >= 11 is 0. The number of ether oxygens (including phenoxy) is 1. The number of benzene rings is 2. The first kappa shape index (κ1) is 18.9. The van der Waals surface area contributed by atoms with Crippen molar-refractivity contribution in [2.75, 3.05) is 36.4 Å². The van der Waals surface area contributed by atoms with Crippen LogP contribution in [-0.2, 0) is 20.8 Å². The number of anilines is 2. The predicted octanol–water partition coefficient (Wildman–Crippen LogP) is 1.88. The van der Waals surface area contributed by atoms with Gasteiger partial charge in [0, 0.05) is 49.2 Å². The number of aryl methyl sites for hydroxylation is 1. The van der Waals surface area contributed by atoms with E-state index in [1.807, 2.05) is 0 Å². The van der Waals surface area contributed by atoms with Crippen LogP contribution in [0.1, 0.15) is 11.1 Å². The van der Waals surface area contributed by atoms with E-state index < -0.39 is 11.8 Å². The fourth-order valence-corrected chi connectivity index (χ4v) is 3.51. The number of hydrogen-bond acceptors (Lipinski definition) is 5. The number of carbonyl (C=O) groups excluding carboxylic acids is 3. The Kier molecular flexibility index (Phi) is 4.92. The molecule has 0 atom stereocenters. The van der Waals surface area contributed by atoms with Crippen molar-refractivity contribution >= 4 is 29.2 Å². The second kappa shape index (κ2) is 7.54. The van der Waals surface area contributed by atoms with E-state index in [4.69, 9.17) is 4.74 Å². The molecule has 0 aliphatic carbocycles. The van der Waals surface area contributed by atoms with Crippen molar-refractivity contribution in [1.29, 1.82) is 0 Å². The number of rotatable bonds is 2. The molecule has 150 valence electrons. The first-order valence-electron chi connectivity index (χ1n) is 9.35. The third-order valence-corrected chi connectivity index (χ3v) is 5.15. The molecule has 0 unspecified atom stereocenters. The van der Waals surface area contributed by atoms with E-state index in [2.05, 4.69) is 10.2 Å². The van der Waals surface area contributed by atoms with Gasteiger partial charge >= 0.3 is 17.8 Å². The summed E-state index contributed by atoms with van der Waals surface area (Å²) in [6, 6.07) is 9.81. The number of piperazine rings is 1. The van der Waals surface area contributed by atoms with E-state index in [-0.39, 0.29) is 18.2 Å². The van der Waals surface area contributed by atoms with E-state index in [1.165, 1.54) is 11.0 Å². The first-order chi connectivity index (χ1) is 13.9. The minimum atomic E-state index is -0.736. The Morgan fingerprint density at radius 2 is 1.83 bits per heavy atom. The quantitative estimate of drug-likeness (QED) is 0.476. The zero-order chi connectivity index (χ0) is 20.5. The van der Waals surface area contributed by atoms with Crippen molar-refractivity contribution < 1.29 is 23.5 Å². The third-order valence-electron chi connectivity index (χ3n) is 5.15. The first-order valence-corrected chi connectivity index (χ1v) is 9.35. The molecule has 0 aromatic heterocycles. The van der Waals surface area contributed by atoms with Crippen LogP contribution in [0.4, 0.5) is 15.8 Å². The molecule has 0 bridgehead atoms. The number of carbonyl (C=O) groups is 3. The van der Waals surface area contributed by atoms with Crippen LogP contribution < -0.4 is 15.0 Å². The van der Waals surface area contributed by atoms with Gasteiger partial charge < -0.3 is 19.9 Å². The van der Waals surface area contributed by atoms with Crippen LogP contribution in [0, 0.1) is 12.7 Å². The van der Waals surface area contributed by atoms with E-state index in [1.54, 1.807) is 37.3 Å². The number of hydrogen-bond donors (Lipinski definition) is 1. The highest BCUT2D eigenvalue weighted by molar-refractivity contribution is 6.39. The average molecular weight is 397 g/mol. The second-order valence-corrected chi connectivity index (χ2v) is 7.14. The smallest absolute Gasteiger partial charge is 0.315 e. The fourth-order valence-electron chi connectivity index (χ4n) is 3.51. The Morgan fingerprint density at radius 3 is 2.55 bits per heavy atom. The highest BCUT2D eigenvalue weighted by Crippen LogP contribution is 2.29. The summed E-state index contributed by atoms with van der Waals surface area (Å²) in [5, 5.41) is 2.56. The van der Waals surface area contributed by atoms with Gasteiger partial charge in [-0.05, 0) is 36.8 Å². The lowest BCUT2D eigenvalue weighted by Crippen LogP contribution is -2.51. The van der Waals surface area contributed by atoms with Gasteiger partial charge in [0.2, 0.25) is 0 Å². The molecule has 1 N–H and O–H groups in total. The molecule has 29 heavy (non-hydrogen) atoms. The van der Waals surface area contributed by atoms with Crippen LogP contribution >= 0.6 is 0 Å². The molecule has 2 aromatic rings. The number of fused-ring (bicyclic) bond motifs is 1. The second-order valence-electron chi connectivity index (χ2n) is 7.14. The average Bonchev–Trinajstić information content (AvgIpc) is 3.09. The highest BCUT2D eigenvalue weighted by Gasteiger charge is 2.27. The van der Waals surface area contributed by atoms with Gasteiger partial charge in [-0.3, -0.25) is 14.4 Å². The van der Waals surface area contributed by atoms with Crippen LogP contribution in [0.3, 0.4) is 0 Å². The molecule has 2 aliphatic rings. The topological polar surface area (TPSA) is 79.0 Å². The van der Waals surface area contributed by atoms with Crippen LogP contribution in [-0.4, -0.2) is 48.9 Å². The Bertz CT molecular complexity index is 999. The van der Waals surface area contributed by atoms with E-state index in [9.17, 15) is 18.8 Å². The molecular formula is C21H20FN3O4. The maximum absolute atomic E-state index is 13.5. The molecule has 1 fully saturated rings. The van der Waals surface area contributed by atoms with Gasteiger partial charge in [0.15, 0.2) is 0 Å². The predicted molar refractivity (Wildman–Crippen MR) is 104 cm³/mol. The molecule has 0 radical (unpaired) electrons. The third kappa shape index (κ3) is 3.91. The number of amides is 2. The lowest BCUT2D eigenvalue weighted by molar-refractivity contribution is -0.143. The Hall–Kier alpha value is -3.42. The maximum Gasteiger partial charge on any atom is 0.315 e. The monoisotopic (exact) mass is 397 g/mol. The molecule has 7 nitrogen and oxygen atoms in total. The summed E-state index contributed by atoms with van der Waals surface area (Å²) in [6.45, 7) is 3.61. The van der Waals surface area contributed by atoms with Crippen LogP contribution in [0.5, 0.6) is 5.75 Å². The lowest BCUT2D eigenvalue weighted by atomic mass is 10.1. The summed E-state index contributed by atoms with van der Waals surface area (Å²) in [6.07, 6.45) is 0.209. The molecule has 8 heteroatoms. The molecule has 2 heterocycles. The molecular weight excluding hydrogens is 377 g/mol. The molecule has 0 saturated carbocycles. The van der Waals surface area contributed by atoms with Gasteiger partial charge in [-0.2, -0.15) is 0 Å². The molecule has 4 rings (SSSR count). The van der Waals surface area contributed by atoms with Gasteiger partial charge in [-0.15, -0.1) is 0 Å². The zero-order valence-corrected chi connectivity index (χ0v) is 15.9. The summed E-state index contributed by atoms with van der Waals surface area (Å²) < 4.78 is 18.5. The van der Waals surface area contributed by atoms with Gasteiger partial charge in [-0.25, -0.2) is 4.39 Å². The molecule has 2 aromatic carbocycles. The Labute approximate surface area is 167 Å². The fraction of sp³-hybridized carbons (Fsp3) is 0.286. The minimum Gasteiger partial charge on any atom is -0.426 e. The van der Waals surface area contributed by atoms with Crippen LogP contribution in [0.2, 0.25) is 0 Å². The van der Waals surface area contributed by atoms with Crippen LogP contribution in [0.15, 0.2) is 36.4 Å². The van der Waals surface area contributed by atoms with Crippen molar-refractivity contribution in [2.45, 2.75) is 13.3 Å². The van der Waals surface area contributed by atoms with Crippen molar-refractivity contribution in [3.63, 3.8) is 0 Å². The van der Waals surface area contributed by atoms with E-state index in [0.29, 0.717) is 43.2 Å². The van der Waals surface area contributed by atoms with Gasteiger partial charge in [-0.1, -0.05) is 6.07 Å². The van der Waals surface area contributed by atoms with E-state index >= 15 is 0 Å². The lowest BCUT2D eigenvalue weighted by Gasteiger charge is -2.35.